The molecule has 216 valence electrons. The van der Waals surface area contributed by atoms with Crippen LogP contribution in [0.2, 0.25) is 0 Å². The van der Waals surface area contributed by atoms with E-state index < -0.39 is 0 Å². The molecule has 0 aliphatic heterocycles. The van der Waals surface area contributed by atoms with Crippen LogP contribution < -0.4 is 9.80 Å². The van der Waals surface area contributed by atoms with E-state index in [1.54, 1.807) is 0 Å². The summed E-state index contributed by atoms with van der Waals surface area (Å²) >= 11 is 0. The van der Waals surface area contributed by atoms with Crippen molar-refractivity contribution in [3.8, 4) is 0 Å². The molecule has 0 heterocycles. The van der Waals surface area contributed by atoms with Gasteiger partial charge >= 0.3 is 0 Å². The van der Waals surface area contributed by atoms with Crippen LogP contribution in [0.1, 0.15) is 33.4 Å². The molecule has 0 amide bonds. The number of hydrogen-bond acceptors (Lipinski definition) is 2. The van der Waals surface area contributed by atoms with Crippen LogP contribution in [0, 0.1) is 27.7 Å². The van der Waals surface area contributed by atoms with E-state index in [1.165, 1.54) is 22.3 Å². The number of anilines is 6. The predicted molar refractivity (Wildman–Crippen MR) is 190 cm³/mol. The fourth-order valence-corrected chi connectivity index (χ4v) is 5.62. The molecule has 0 saturated heterocycles. The lowest BCUT2D eigenvalue weighted by atomic mass is 10.1. The molecular formula is C42H38N2. The molecule has 0 radical (unpaired) electrons. The highest BCUT2D eigenvalue weighted by atomic mass is 15.1. The van der Waals surface area contributed by atoms with Crippen molar-refractivity contribution in [2.24, 2.45) is 0 Å². The van der Waals surface area contributed by atoms with Crippen LogP contribution in [0.4, 0.5) is 34.1 Å². The van der Waals surface area contributed by atoms with Gasteiger partial charge in [0.05, 0.1) is 0 Å². The summed E-state index contributed by atoms with van der Waals surface area (Å²) in [7, 11) is 0. The van der Waals surface area contributed by atoms with E-state index in [-0.39, 0.29) is 0 Å². The minimum Gasteiger partial charge on any atom is -0.310 e. The van der Waals surface area contributed by atoms with Crippen molar-refractivity contribution in [3.63, 3.8) is 0 Å². The monoisotopic (exact) mass is 570 g/mol. The quantitative estimate of drug-likeness (QED) is 0.168. The Morgan fingerprint density at radius 1 is 0.318 bits per heavy atom. The Hall–Kier alpha value is -5.34. The SMILES string of the molecule is Cc1cccc(N(c2ccc(/C=C/c3ccc(N(c4cccc(C)c4)c4cccc(C)c4)cc3)cc2)c2cccc(C)c2)c1. The molecule has 0 aliphatic rings. The van der Waals surface area contributed by atoms with E-state index in [1.807, 2.05) is 0 Å². The maximum atomic E-state index is 2.32. The minimum absolute atomic E-state index is 1.13. The Kier molecular flexibility index (Phi) is 8.43. The molecule has 44 heavy (non-hydrogen) atoms. The van der Waals surface area contributed by atoms with Crippen molar-refractivity contribution in [2.75, 3.05) is 9.80 Å². The average Bonchev–Trinajstić information content (AvgIpc) is 3.02. The topological polar surface area (TPSA) is 6.48 Å². The number of nitrogens with zero attached hydrogens (tertiary/aromatic N) is 2. The highest BCUT2D eigenvalue weighted by Crippen LogP contribution is 2.37. The lowest BCUT2D eigenvalue weighted by Gasteiger charge is -2.26. The summed E-state index contributed by atoms with van der Waals surface area (Å²) in [4.78, 5) is 4.64. The number of rotatable bonds is 8. The van der Waals surface area contributed by atoms with Gasteiger partial charge in [-0.1, -0.05) is 84.9 Å². The predicted octanol–water partition coefficient (Wildman–Crippen LogP) is 12.0. The van der Waals surface area contributed by atoms with Crippen LogP contribution in [0.25, 0.3) is 12.2 Å². The van der Waals surface area contributed by atoms with E-state index >= 15 is 0 Å². The van der Waals surface area contributed by atoms with Crippen molar-refractivity contribution < 1.29 is 0 Å². The van der Waals surface area contributed by atoms with E-state index in [0.717, 1.165) is 45.3 Å². The van der Waals surface area contributed by atoms with Gasteiger partial charge in [0, 0.05) is 34.1 Å². The number of benzene rings is 6. The highest BCUT2D eigenvalue weighted by molar-refractivity contribution is 5.80. The molecule has 6 rings (SSSR count). The third-order valence-corrected chi connectivity index (χ3v) is 7.81. The van der Waals surface area contributed by atoms with Gasteiger partial charge in [-0.15, -0.1) is 0 Å². The Morgan fingerprint density at radius 2 is 0.591 bits per heavy atom. The normalized spacial score (nSPS) is 11.1. The zero-order valence-electron chi connectivity index (χ0n) is 25.9. The Bertz CT molecular complexity index is 1670. The van der Waals surface area contributed by atoms with Crippen molar-refractivity contribution in [3.05, 3.63) is 179 Å². The summed E-state index contributed by atoms with van der Waals surface area (Å²) in [6, 6.07) is 52.3. The van der Waals surface area contributed by atoms with Gasteiger partial charge in [0.25, 0.3) is 0 Å². The van der Waals surface area contributed by atoms with E-state index in [4.69, 9.17) is 0 Å². The molecule has 6 aromatic rings. The summed E-state index contributed by atoms with van der Waals surface area (Å²) < 4.78 is 0. The smallest absolute Gasteiger partial charge is 0.0464 e. The summed E-state index contributed by atoms with van der Waals surface area (Å²) in [6.07, 6.45) is 4.36. The molecule has 0 spiro atoms. The van der Waals surface area contributed by atoms with Gasteiger partial charge in [-0.2, -0.15) is 0 Å². The molecule has 0 aliphatic carbocycles. The van der Waals surface area contributed by atoms with E-state index in [9.17, 15) is 0 Å². The molecule has 0 atom stereocenters. The minimum atomic E-state index is 1.13. The number of hydrogen-bond donors (Lipinski definition) is 0. The maximum absolute atomic E-state index is 2.32. The molecule has 0 saturated carbocycles. The number of aryl methyl sites for hydroxylation is 4. The second-order valence-corrected chi connectivity index (χ2v) is 11.5. The zero-order valence-corrected chi connectivity index (χ0v) is 25.9. The van der Waals surface area contributed by atoms with Gasteiger partial charge in [0.1, 0.15) is 0 Å². The molecule has 2 heteroatoms. The molecule has 0 unspecified atom stereocenters. The highest BCUT2D eigenvalue weighted by Gasteiger charge is 2.14. The maximum Gasteiger partial charge on any atom is 0.0464 e. The molecule has 0 N–H and O–H groups in total. The third kappa shape index (κ3) is 6.66. The van der Waals surface area contributed by atoms with Crippen molar-refractivity contribution in [1.29, 1.82) is 0 Å². The fraction of sp³-hybridized carbons (Fsp3) is 0.0952. The first-order chi connectivity index (χ1) is 21.4. The lowest BCUT2D eigenvalue weighted by Crippen LogP contribution is -2.10. The molecule has 6 aromatic carbocycles. The van der Waals surface area contributed by atoms with Crippen LogP contribution in [-0.4, -0.2) is 0 Å². The van der Waals surface area contributed by atoms with Crippen LogP contribution in [-0.2, 0) is 0 Å². The van der Waals surface area contributed by atoms with Gasteiger partial charge in [0.2, 0.25) is 0 Å². The second-order valence-electron chi connectivity index (χ2n) is 11.5. The first-order valence-electron chi connectivity index (χ1n) is 15.2. The first-order valence-corrected chi connectivity index (χ1v) is 15.2. The van der Waals surface area contributed by atoms with Crippen LogP contribution in [0.15, 0.2) is 146 Å². The van der Waals surface area contributed by atoms with Gasteiger partial charge in [-0.25, -0.2) is 0 Å². The summed E-state index contributed by atoms with van der Waals surface area (Å²) in [5.74, 6) is 0. The molecular weight excluding hydrogens is 532 g/mol. The molecule has 0 fully saturated rings. The lowest BCUT2D eigenvalue weighted by molar-refractivity contribution is 1.26. The third-order valence-electron chi connectivity index (χ3n) is 7.81. The first kappa shape index (κ1) is 28.8. The van der Waals surface area contributed by atoms with Gasteiger partial charge < -0.3 is 9.80 Å². The van der Waals surface area contributed by atoms with Crippen LogP contribution in [0.5, 0.6) is 0 Å². The van der Waals surface area contributed by atoms with Crippen molar-refractivity contribution in [1.82, 2.24) is 0 Å². The standard InChI is InChI=1S/C42H38N2/c1-31-9-5-13-39(27-31)43(40-14-6-10-32(2)28-40)37-23-19-35(20-24-37)17-18-36-21-25-38(26-22-36)44(41-15-7-11-33(3)29-41)42-16-8-12-34(4)30-42/h5-30H,1-4H3/b18-17+. The van der Waals surface area contributed by atoms with E-state index in [0.29, 0.717) is 0 Å². The molecule has 2 nitrogen and oxygen atoms in total. The largest absolute Gasteiger partial charge is 0.310 e. The van der Waals surface area contributed by atoms with Crippen molar-refractivity contribution in [2.45, 2.75) is 27.7 Å². The zero-order chi connectivity index (χ0) is 30.5. The molecule has 0 bridgehead atoms. The average molecular weight is 571 g/mol. The fourth-order valence-electron chi connectivity index (χ4n) is 5.62. The Balaban J connectivity index is 1.25. The summed E-state index contributed by atoms with van der Waals surface area (Å²) in [6.45, 7) is 8.56. The van der Waals surface area contributed by atoms with E-state index in [2.05, 4.69) is 195 Å². The summed E-state index contributed by atoms with van der Waals surface area (Å²) in [5.41, 5.74) is 14.2. The Morgan fingerprint density at radius 3 is 0.841 bits per heavy atom. The van der Waals surface area contributed by atoms with Crippen LogP contribution >= 0.6 is 0 Å². The van der Waals surface area contributed by atoms with Crippen LogP contribution in [0.3, 0.4) is 0 Å². The van der Waals surface area contributed by atoms with Crippen molar-refractivity contribution >= 4 is 46.3 Å². The van der Waals surface area contributed by atoms with Gasteiger partial charge in [-0.3, -0.25) is 0 Å². The summed E-state index contributed by atoms with van der Waals surface area (Å²) in [5, 5.41) is 0. The Labute approximate surface area is 262 Å². The van der Waals surface area contributed by atoms with Gasteiger partial charge in [0.15, 0.2) is 0 Å². The molecule has 0 aromatic heterocycles. The van der Waals surface area contributed by atoms with Gasteiger partial charge in [-0.05, 0) is 134 Å². The second kappa shape index (κ2) is 12.9.